The zero-order valence-corrected chi connectivity index (χ0v) is 13.0. The molecule has 0 bridgehead atoms. The highest BCUT2D eigenvalue weighted by Gasteiger charge is 2.32. The number of aromatic nitrogens is 1. The lowest BCUT2D eigenvalue weighted by Gasteiger charge is -2.20. The van der Waals surface area contributed by atoms with Crippen LogP contribution in [0.5, 0.6) is 11.5 Å². The summed E-state index contributed by atoms with van der Waals surface area (Å²) in [6, 6.07) is 7.85. The second-order valence-electron chi connectivity index (χ2n) is 4.94. The molecule has 23 heavy (non-hydrogen) atoms. The monoisotopic (exact) mass is 326 g/mol. The average molecular weight is 326 g/mol. The van der Waals surface area contributed by atoms with Crippen molar-refractivity contribution in [2.24, 2.45) is 0 Å². The van der Waals surface area contributed by atoms with E-state index in [2.05, 4.69) is 4.98 Å². The maximum atomic E-state index is 12.5. The number of ether oxygens (including phenoxy) is 2. The molecule has 0 radical (unpaired) electrons. The number of hydrogen-bond donors (Lipinski definition) is 0. The SMILES string of the molecule is COc1ccc(CN(C)c2ccc(C(F)(F)F)nc2)cc1OC. The molecule has 0 saturated heterocycles. The Hall–Kier alpha value is -2.44. The number of nitrogens with zero attached hydrogens (tertiary/aromatic N) is 2. The first kappa shape index (κ1) is 16.9. The molecule has 1 heterocycles. The number of hydrogen-bond acceptors (Lipinski definition) is 4. The van der Waals surface area contributed by atoms with Gasteiger partial charge in [-0.3, -0.25) is 0 Å². The van der Waals surface area contributed by atoms with Gasteiger partial charge in [0.15, 0.2) is 11.5 Å². The second kappa shape index (κ2) is 6.76. The second-order valence-corrected chi connectivity index (χ2v) is 4.94. The van der Waals surface area contributed by atoms with Gasteiger partial charge >= 0.3 is 6.18 Å². The average Bonchev–Trinajstić information content (AvgIpc) is 2.54. The molecule has 0 atom stereocenters. The lowest BCUT2D eigenvalue weighted by atomic mass is 10.2. The van der Waals surface area contributed by atoms with Crippen LogP contribution in [0.4, 0.5) is 18.9 Å². The lowest BCUT2D eigenvalue weighted by molar-refractivity contribution is -0.141. The van der Waals surface area contributed by atoms with Crippen molar-refractivity contribution in [2.45, 2.75) is 12.7 Å². The Balaban J connectivity index is 2.14. The fourth-order valence-corrected chi connectivity index (χ4v) is 2.12. The Morgan fingerprint density at radius 2 is 1.74 bits per heavy atom. The normalized spacial score (nSPS) is 11.2. The maximum absolute atomic E-state index is 12.5. The summed E-state index contributed by atoms with van der Waals surface area (Å²) in [5, 5.41) is 0. The molecule has 0 aliphatic heterocycles. The molecule has 0 unspecified atom stereocenters. The molecule has 4 nitrogen and oxygen atoms in total. The maximum Gasteiger partial charge on any atom is 0.433 e. The molecule has 0 N–H and O–H groups in total. The third kappa shape index (κ3) is 4.06. The topological polar surface area (TPSA) is 34.6 Å². The van der Waals surface area contributed by atoms with Gasteiger partial charge in [0.2, 0.25) is 0 Å². The van der Waals surface area contributed by atoms with E-state index >= 15 is 0 Å². The van der Waals surface area contributed by atoms with Crippen LogP contribution in [0.2, 0.25) is 0 Å². The molecular weight excluding hydrogens is 309 g/mol. The largest absolute Gasteiger partial charge is 0.493 e. The molecule has 1 aromatic carbocycles. The first-order valence-electron chi connectivity index (χ1n) is 6.80. The molecule has 2 rings (SSSR count). The fraction of sp³-hybridized carbons (Fsp3) is 0.312. The third-order valence-corrected chi connectivity index (χ3v) is 3.35. The van der Waals surface area contributed by atoms with E-state index in [0.29, 0.717) is 23.7 Å². The minimum absolute atomic E-state index is 0.493. The third-order valence-electron chi connectivity index (χ3n) is 3.35. The first-order valence-corrected chi connectivity index (χ1v) is 6.80. The van der Waals surface area contributed by atoms with Gasteiger partial charge in [0.25, 0.3) is 0 Å². The van der Waals surface area contributed by atoms with Gasteiger partial charge in [0.05, 0.1) is 26.1 Å². The summed E-state index contributed by atoms with van der Waals surface area (Å²) in [6.45, 7) is 0.493. The van der Waals surface area contributed by atoms with E-state index in [0.717, 1.165) is 11.6 Å². The van der Waals surface area contributed by atoms with E-state index in [4.69, 9.17) is 9.47 Å². The smallest absolute Gasteiger partial charge is 0.433 e. The van der Waals surface area contributed by atoms with Gasteiger partial charge < -0.3 is 14.4 Å². The van der Waals surface area contributed by atoms with E-state index in [9.17, 15) is 13.2 Å². The number of pyridine rings is 1. The Morgan fingerprint density at radius 3 is 2.26 bits per heavy atom. The van der Waals surface area contributed by atoms with Crippen molar-refractivity contribution in [1.82, 2.24) is 4.98 Å². The Labute approximate surface area is 132 Å². The van der Waals surface area contributed by atoms with Gasteiger partial charge in [0, 0.05) is 13.6 Å². The molecule has 0 fully saturated rings. The quantitative estimate of drug-likeness (QED) is 0.838. The number of methoxy groups -OCH3 is 2. The Bertz CT molecular complexity index is 657. The van der Waals surface area contributed by atoms with Gasteiger partial charge in [-0.1, -0.05) is 6.07 Å². The van der Waals surface area contributed by atoms with Crippen LogP contribution < -0.4 is 14.4 Å². The Kier molecular flexibility index (Phi) is 4.98. The first-order chi connectivity index (χ1) is 10.8. The molecule has 124 valence electrons. The summed E-state index contributed by atoms with van der Waals surface area (Å²) in [5.74, 6) is 1.22. The van der Waals surface area contributed by atoms with E-state index in [1.807, 2.05) is 12.1 Å². The summed E-state index contributed by atoms with van der Waals surface area (Å²) >= 11 is 0. The number of halogens is 3. The molecular formula is C16H17F3N2O2. The van der Waals surface area contributed by atoms with Crippen LogP contribution in [0, 0.1) is 0 Å². The molecule has 1 aromatic heterocycles. The van der Waals surface area contributed by atoms with Crippen molar-refractivity contribution in [1.29, 1.82) is 0 Å². The van der Waals surface area contributed by atoms with Crippen molar-refractivity contribution in [3.05, 3.63) is 47.8 Å². The van der Waals surface area contributed by atoms with Crippen molar-refractivity contribution >= 4 is 5.69 Å². The van der Waals surface area contributed by atoms with Crippen molar-refractivity contribution in [3.63, 3.8) is 0 Å². The molecule has 7 heteroatoms. The number of alkyl halides is 3. The summed E-state index contributed by atoms with van der Waals surface area (Å²) in [5.41, 5.74) is 0.624. The van der Waals surface area contributed by atoms with Crippen LogP contribution in [0.25, 0.3) is 0 Å². The minimum Gasteiger partial charge on any atom is -0.493 e. The zero-order valence-electron chi connectivity index (χ0n) is 13.0. The number of benzene rings is 1. The highest BCUT2D eigenvalue weighted by atomic mass is 19.4. The zero-order chi connectivity index (χ0) is 17.0. The van der Waals surface area contributed by atoms with Crippen LogP contribution in [0.1, 0.15) is 11.3 Å². The molecule has 0 spiro atoms. The predicted octanol–water partition coefficient (Wildman–Crippen LogP) is 3.75. The number of rotatable bonds is 5. The van der Waals surface area contributed by atoms with E-state index in [-0.39, 0.29) is 0 Å². The van der Waals surface area contributed by atoms with Crippen LogP contribution in [-0.2, 0) is 12.7 Å². The standard InChI is InChI=1S/C16H17F3N2O2/c1-21(12-5-7-15(20-9-12)16(17,18)19)10-11-4-6-13(22-2)14(8-11)23-3/h4-9H,10H2,1-3H3. The summed E-state index contributed by atoms with van der Waals surface area (Å²) in [4.78, 5) is 5.26. The number of anilines is 1. The van der Waals surface area contributed by atoms with Crippen LogP contribution in [-0.4, -0.2) is 26.3 Å². The minimum atomic E-state index is -4.43. The summed E-state index contributed by atoms with van der Waals surface area (Å²) in [7, 11) is 4.88. The van der Waals surface area contributed by atoms with Crippen molar-refractivity contribution in [2.75, 3.05) is 26.2 Å². The van der Waals surface area contributed by atoms with Gasteiger partial charge in [-0.05, 0) is 29.8 Å². The van der Waals surface area contributed by atoms with E-state index in [1.165, 1.54) is 12.3 Å². The summed E-state index contributed by atoms with van der Waals surface area (Å²) < 4.78 is 48.0. The van der Waals surface area contributed by atoms with Gasteiger partial charge in [-0.15, -0.1) is 0 Å². The van der Waals surface area contributed by atoms with Crippen LogP contribution >= 0.6 is 0 Å². The van der Waals surface area contributed by atoms with Gasteiger partial charge in [-0.2, -0.15) is 13.2 Å². The van der Waals surface area contributed by atoms with E-state index < -0.39 is 11.9 Å². The molecule has 0 saturated carbocycles. The highest BCUT2D eigenvalue weighted by molar-refractivity contribution is 5.47. The summed E-state index contributed by atoms with van der Waals surface area (Å²) in [6.07, 6.45) is -3.22. The highest BCUT2D eigenvalue weighted by Crippen LogP contribution is 2.30. The van der Waals surface area contributed by atoms with E-state index in [1.54, 1.807) is 32.2 Å². The predicted molar refractivity (Wildman–Crippen MR) is 80.9 cm³/mol. The van der Waals surface area contributed by atoms with Crippen molar-refractivity contribution < 1.29 is 22.6 Å². The lowest BCUT2D eigenvalue weighted by Crippen LogP contribution is -2.17. The van der Waals surface area contributed by atoms with Crippen LogP contribution in [0.15, 0.2) is 36.5 Å². The Morgan fingerprint density at radius 1 is 1.04 bits per heavy atom. The molecule has 0 amide bonds. The molecule has 0 aliphatic rings. The molecule has 2 aromatic rings. The van der Waals surface area contributed by atoms with Crippen LogP contribution in [0.3, 0.4) is 0 Å². The van der Waals surface area contributed by atoms with Gasteiger partial charge in [-0.25, -0.2) is 4.98 Å². The van der Waals surface area contributed by atoms with Crippen molar-refractivity contribution in [3.8, 4) is 11.5 Å². The fourth-order valence-electron chi connectivity index (χ4n) is 2.12. The molecule has 0 aliphatic carbocycles. The van der Waals surface area contributed by atoms with Gasteiger partial charge in [0.1, 0.15) is 5.69 Å².